The van der Waals surface area contributed by atoms with E-state index < -0.39 is 5.54 Å². The van der Waals surface area contributed by atoms with Crippen LogP contribution in [-0.2, 0) is 4.79 Å². The summed E-state index contributed by atoms with van der Waals surface area (Å²) in [5, 5.41) is 0. The van der Waals surface area contributed by atoms with Gasteiger partial charge in [-0.25, -0.2) is 0 Å². The third kappa shape index (κ3) is 3.96. The van der Waals surface area contributed by atoms with Gasteiger partial charge in [-0.05, 0) is 45.8 Å². The van der Waals surface area contributed by atoms with E-state index in [9.17, 15) is 4.79 Å². The maximum Gasteiger partial charge on any atom is 0.242 e. The molecule has 100 valence electrons. The highest BCUT2D eigenvalue weighted by Gasteiger charge is 2.47. The van der Waals surface area contributed by atoms with E-state index in [1.54, 1.807) is 0 Å². The Hall–Kier alpha value is -0.610. The zero-order valence-electron chi connectivity index (χ0n) is 11.5. The molecule has 0 unspecified atom stereocenters. The largest absolute Gasteiger partial charge is 0.341 e. The van der Waals surface area contributed by atoms with Crippen LogP contribution in [0.1, 0.15) is 40.0 Å². The Morgan fingerprint density at radius 3 is 2.12 bits per heavy atom. The summed E-state index contributed by atoms with van der Waals surface area (Å²) >= 11 is 0. The number of hydrogen-bond acceptors (Lipinski definition) is 3. The topological polar surface area (TPSA) is 49.6 Å². The van der Waals surface area contributed by atoms with Crippen molar-refractivity contribution >= 4 is 5.91 Å². The molecule has 0 bridgehead atoms. The Morgan fingerprint density at radius 1 is 1.12 bits per heavy atom. The van der Waals surface area contributed by atoms with Gasteiger partial charge in [0.1, 0.15) is 0 Å². The SMILES string of the molecule is CCN(CC)CCCN(CC)C(=O)C1(N)CC1. The first-order valence-corrected chi connectivity index (χ1v) is 6.88. The molecular weight excluding hydrogens is 214 g/mol. The zero-order chi connectivity index (χ0) is 12.9. The van der Waals surface area contributed by atoms with E-state index in [4.69, 9.17) is 5.73 Å². The lowest BCUT2D eigenvalue weighted by Gasteiger charge is -2.26. The van der Waals surface area contributed by atoms with Gasteiger partial charge in [0.05, 0.1) is 5.54 Å². The molecule has 4 heteroatoms. The van der Waals surface area contributed by atoms with Crippen LogP contribution in [0.4, 0.5) is 0 Å². The standard InChI is InChI=1S/C13H27N3O/c1-4-15(5-2)10-7-11-16(6-3)12(17)13(14)8-9-13/h4-11,14H2,1-3H3. The third-order valence-corrected chi connectivity index (χ3v) is 3.68. The van der Waals surface area contributed by atoms with Crippen LogP contribution in [0.5, 0.6) is 0 Å². The van der Waals surface area contributed by atoms with E-state index in [1.165, 1.54) is 0 Å². The Kier molecular flexibility index (Phi) is 5.40. The molecule has 1 amide bonds. The molecule has 0 aliphatic heterocycles. The van der Waals surface area contributed by atoms with Gasteiger partial charge >= 0.3 is 0 Å². The lowest BCUT2D eigenvalue weighted by atomic mass is 10.2. The maximum atomic E-state index is 12.1. The minimum Gasteiger partial charge on any atom is -0.341 e. The van der Waals surface area contributed by atoms with Gasteiger partial charge in [-0.1, -0.05) is 13.8 Å². The fourth-order valence-corrected chi connectivity index (χ4v) is 2.09. The summed E-state index contributed by atoms with van der Waals surface area (Å²) in [6.45, 7) is 11.2. The van der Waals surface area contributed by atoms with Crippen molar-refractivity contribution in [1.29, 1.82) is 0 Å². The van der Waals surface area contributed by atoms with Crippen molar-refractivity contribution in [3.8, 4) is 0 Å². The van der Waals surface area contributed by atoms with Crippen LogP contribution in [0.2, 0.25) is 0 Å². The van der Waals surface area contributed by atoms with E-state index in [-0.39, 0.29) is 5.91 Å². The van der Waals surface area contributed by atoms with Crippen LogP contribution in [0.3, 0.4) is 0 Å². The molecule has 0 atom stereocenters. The third-order valence-electron chi connectivity index (χ3n) is 3.68. The first-order chi connectivity index (χ1) is 8.07. The number of rotatable bonds is 8. The average molecular weight is 241 g/mol. The van der Waals surface area contributed by atoms with Gasteiger partial charge in [0.25, 0.3) is 0 Å². The minimum atomic E-state index is -0.509. The van der Waals surface area contributed by atoms with Crippen LogP contribution in [-0.4, -0.2) is 54.0 Å². The van der Waals surface area contributed by atoms with E-state index in [1.807, 2.05) is 11.8 Å². The Bertz CT molecular complexity index is 247. The highest BCUT2D eigenvalue weighted by molar-refractivity contribution is 5.89. The van der Waals surface area contributed by atoms with Gasteiger partial charge in [0.15, 0.2) is 0 Å². The summed E-state index contributed by atoms with van der Waals surface area (Å²) < 4.78 is 0. The molecule has 0 aromatic heterocycles. The van der Waals surface area contributed by atoms with E-state index >= 15 is 0 Å². The van der Waals surface area contributed by atoms with Crippen molar-refractivity contribution < 1.29 is 4.79 Å². The molecule has 1 rings (SSSR count). The van der Waals surface area contributed by atoms with E-state index in [2.05, 4.69) is 18.7 Å². The summed E-state index contributed by atoms with van der Waals surface area (Å²) in [6.07, 6.45) is 2.76. The van der Waals surface area contributed by atoms with Crippen molar-refractivity contribution in [2.75, 3.05) is 32.7 Å². The lowest BCUT2D eigenvalue weighted by molar-refractivity contribution is -0.133. The number of amides is 1. The zero-order valence-corrected chi connectivity index (χ0v) is 11.5. The summed E-state index contributed by atoms with van der Waals surface area (Å²) in [5.41, 5.74) is 5.44. The van der Waals surface area contributed by atoms with Crippen LogP contribution in [0, 0.1) is 0 Å². The number of nitrogens with zero attached hydrogens (tertiary/aromatic N) is 2. The van der Waals surface area contributed by atoms with Crippen molar-refractivity contribution in [2.45, 2.75) is 45.6 Å². The Labute approximate surface area is 105 Å². The quantitative estimate of drug-likeness (QED) is 0.691. The monoisotopic (exact) mass is 241 g/mol. The highest BCUT2D eigenvalue weighted by atomic mass is 16.2. The fraction of sp³-hybridized carbons (Fsp3) is 0.923. The molecule has 0 aromatic carbocycles. The molecule has 1 aliphatic rings. The first-order valence-electron chi connectivity index (χ1n) is 6.88. The number of carbonyl (C=O) groups is 1. The molecule has 1 fully saturated rings. The van der Waals surface area contributed by atoms with E-state index in [0.717, 1.165) is 52.0 Å². The summed E-state index contributed by atoms with van der Waals surface area (Å²) in [4.78, 5) is 16.4. The first kappa shape index (κ1) is 14.5. The number of hydrogen-bond donors (Lipinski definition) is 1. The summed E-state index contributed by atoms with van der Waals surface area (Å²) in [6, 6.07) is 0. The Balaban J connectivity index is 2.30. The predicted molar refractivity (Wildman–Crippen MR) is 70.8 cm³/mol. The van der Waals surface area contributed by atoms with Gasteiger partial charge in [0.2, 0.25) is 5.91 Å². The van der Waals surface area contributed by atoms with Crippen molar-refractivity contribution in [3.05, 3.63) is 0 Å². The van der Waals surface area contributed by atoms with Gasteiger partial charge in [-0.2, -0.15) is 0 Å². The molecule has 0 saturated heterocycles. The molecule has 1 aliphatic carbocycles. The van der Waals surface area contributed by atoms with Crippen molar-refractivity contribution in [1.82, 2.24) is 9.80 Å². The van der Waals surface area contributed by atoms with Gasteiger partial charge < -0.3 is 15.5 Å². The number of nitrogens with two attached hydrogens (primary N) is 1. The van der Waals surface area contributed by atoms with E-state index in [0.29, 0.717) is 0 Å². The normalized spacial score (nSPS) is 17.2. The second kappa shape index (κ2) is 6.36. The molecule has 2 N–H and O–H groups in total. The fourth-order valence-electron chi connectivity index (χ4n) is 2.09. The molecular formula is C13H27N3O. The average Bonchev–Trinajstić information content (AvgIpc) is 3.08. The second-order valence-electron chi connectivity index (χ2n) is 4.92. The van der Waals surface area contributed by atoms with Gasteiger partial charge in [-0.15, -0.1) is 0 Å². The molecule has 4 nitrogen and oxygen atoms in total. The van der Waals surface area contributed by atoms with Crippen molar-refractivity contribution in [2.24, 2.45) is 5.73 Å². The van der Waals surface area contributed by atoms with Crippen LogP contribution in [0.25, 0.3) is 0 Å². The minimum absolute atomic E-state index is 0.152. The van der Waals surface area contributed by atoms with Gasteiger partial charge in [0, 0.05) is 13.1 Å². The van der Waals surface area contributed by atoms with Crippen molar-refractivity contribution in [3.63, 3.8) is 0 Å². The highest BCUT2D eigenvalue weighted by Crippen LogP contribution is 2.34. The van der Waals surface area contributed by atoms with Crippen LogP contribution < -0.4 is 5.73 Å². The number of likely N-dealkylation sites (N-methyl/N-ethyl adjacent to an activating group) is 1. The molecule has 0 aromatic rings. The lowest BCUT2D eigenvalue weighted by Crippen LogP contribution is -2.46. The summed E-state index contributed by atoms with van der Waals surface area (Å²) in [5.74, 6) is 0.152. The molecule has 0 heterocycles. The van der Waals surface area contributed by atoms with Gasteiger partial charge in [-0.3, -0.25) is 4.79 Å². The second-order valence-corrected chi connectivity index (χ2v) is 4.92. The smallest absolute Gasteiger partial charge is 0.242 e. The van der Waals surface area contributed by atoms with Crippen LogP contribution in [0.15, 0.2) is 0 Å². The van der Waals surface area contributed by atoms with Crippen LogP contribution >= 0.6 is 0 Å². The molecule has 17 heavy (non-hydrogen) atoms. The summed E-state index contributed by atoms with van der Waals surface area (Å²) in [7, 11) is 0. The predicted octanol–water partition coefficient (Wildman–Crippen LogP) is 1.06. The maximum absolute atomic E-state index is 12.1. The molecule has 0 radical (unpaired) electrons. The molecule has 0 spiro atoms. The number of carbonyl (C=O) groups excluding carboxylic acids is 1. The molecule has 1 saturated carbocycles. The Morgan fingerprint density at radius 2 is 1.71 bits per heavy atom.